The first-order valence-electron chi connectivity index (χ1n) is 4.77. The van der Waals surface area contributed by atoms with Gasteiger partial charge in [-0.15, -0.1) is 0 Å². The lowest BCUT2D eigenvalue weighted by Gasteiger charge is -2.18. The van der Waals surface area contributed by atoms with Crippen molar-refractivity contribution in [2.24, 2.45) is 5.73 Å². The summed E-state index contributed by atoms with van der Waals surface area (Å²) in [6, 6.07) is 1.29. The summed E-state index contributed by atoms with van der Waals surface area (Å²) in [7, 11) is 0. The number of aliphatic hydroxyl groups is 2. The molecule has 0 aliphatic carbocycles. The predicted molar refractivity (Wildman–Crippen MR) is 54.2 cm³/mol. The van der Waals surface area contributed by atoms with Gasteiger partial charge in [-0.3, -0.25) is 4.79 Å². The lowest BCUT2D eigenvalue weighted by molar-refractivity contribution is 0.0144. The van der Waals surface area contributed by atoms with Gasteiger partial charge in [0.05, 0.1) is 11.7 Å². The standard InChI is InChI=1S/C10H13FN2O3/c11-10-7(5-14)6(2-4-13-10)9(16)8(15)1-3-12/h2,4-5,8-9,15-16H,1,3,12H2. The minimum Gasteiger partial charge on any atom is -0.390 e. The second kappa shape index (κ2) is 5.64. The van der Waals surface area contributed by atoms with Crippen LogP contribution in [0.4, 0.5) is 4.39 Å². The molecular formula is C10H13FN2O3. The molecule has 2 unspecified atom stereocenters. The van der Waals surface area contributed by atoms with E-state index in [1.165, 1.54) is 6.07 Å². The van der Waals surface area contributed by atoms with Crippen LogP contribution in [0.25, 0.3) is 0 Å². The van der Waals surface area contributed by atoms with Crippen molar-refractivity contribution in [3.63, 3.8) is 0 Å². The number of carbonyl (C=O) groups is 1. The minimum atomic E-state index is -1.35. The maximum Gasteiger partial charge on any atom is 0.223 e. The molecule has 0 fully saturated rings. The molecule has 2 atom stereocenters. The van der Waals surface area contributed by atoms with E-state index in [1.54, 1.807) is 0 Å². The van der Waals surface area contributed by atoms with Gasteiger partial charge in [0.1, 0.15) is 6.10 Å². The minimum absolute atomic E-state index is 0.0171. The highest BCUT2D eigenvalue weighted by molar-refractivity contribution is 5.77. The van der Waals surface area contributed by atoms with Crippen molar-refractivity contribution in [1.82, 2.24) is 4.98 Å². The molecule has 0 aliphatic heterocycles. The van der Waals surface area contributed by atoms with E-state index < -0.39 is 18.2 Å². The molecule has 16 heavy (non-hydrogen) atoms. The van der Waals surface area contributed by atoms with Gasteiger partial charge in [0.25, 0.3) is 0 Å². The van der Waals surface area contributed by atoms with E-state index in [1.807, 2.05) is 0 Å². The number of nitrogens with zero attached hydrogens (tertiary/aromatic N) is 1. The van der Waals surface area contributed by atoms with Gasteiger partial charge in [0.15, 0.2) is 6.29 Å². The summed E-state index contributed by atoms with van der Waals surface area (Å²) in [5.41, 5.74) is 4.89. The van der Waals surface area contributed by atoms with E-state index in [0.717, 1.165) is 6.20 Å². The van der Waals surface area contributed by atoms with Crippen LogP contribution in [0, 0.1) is 5.95 Å². The van der Waals surface area contributed by atoms with Gasteiger partial charge in [0, 0.05) is 6.20 Å². The van der Waals surface area contributed by atoms with E-state index in [2.05, 4.69) is 4.98 Å². The highest BCUT2D eigenvalue weighted by Gasteiger charge is 2.22. The number of halogens is 1. The van der Waals surface area contributed by atoms with E-state index in [4.69, 9.17) is 5.73 Å². The van der Waals surface area contributed by atoms with Crippen molar-refractivity contribution < 1.29 is 19.4 Å². The fraction of sp³-hybridized carbons (Fsp3) is 0.400. The maximum absolute atomic E-state index is 13.1. The zero-order chi connectivity index (χ0) is 12.1. The molecule has 5 nitrogen and oxygen atoms in total. The first-order valence-corrected chi connectivity index (χ1v) is 4.77. The van der Waals surface area contributed by atoms with Crippen LogP contribution in [-0.2, 0) is 0 Å². The summed E-state index contributed by atoms with van der Waals surface area (Å²) < 4.78 is 13.1. The monoisotopic (exact) mass is 228 g/mol. The molecule has 0 amide bonds. The van der Waals surface area contributed by atoms with E-state index >= 15 is 0 Å². The largest absolute Gasteiger partial charge is 0.390 e. The smallest absolute Gasteiger partial charge is 0.223 e. The van der Waals surface area contributed by atoms with Gasteiger partial charge in [0.2, 0.25) is 5.95 Å². The quantitative estimate of drug-likeness (QED) is 0.478. The highest BCUT2D eigenvalue weighted by atomic mass is 19.1. The molecule has 1 heterocycles. The summed E-state index contributed by atoms with van der Waals surface area (Å²) >= 11 is 0. The molecule has 88 valence electrons. The second-order valence-electron chi connectivity index (χ2n) is 3.31. The van der Waals surface area contributed by atoms with Crippen molar-refractivity contribution in [3.05, 3.63) is 29.3 Å². The third-order valence-electron chi connectivity index (χ3n) is 2.24. The first-order chi connectivity index (χ1) is 7.61. The van der Waals surface area contributed by atoms with Crippen molar-refractivity contribution in [1.29, 1.82) is 0 Å². The molecule has 1 aromatic heterocycles. The lowest BCUT2D eigenvalue weighted by atomic mass is 9.99. The number of aliphatic hydroxyl groups excluding tert-OH is 2. The van der Waals surface area contributed by atoms with Gasteiger partial charge in [-0.25, -0.2) is 4.98 Å². The summed E-state index contributed by atoms with van der Waals surface area (Å²) in [5.74, 6) is -0.966. The topological polar surface area (TPSA) is 96.4 Å². The summed E-state index contributed by atoms with van der Waals surface area (Å²) in [4.78, 5) is 13.9. The van der Waals surface area contributed by atoms with Crippen LogP contribution >= 0.6 is 0 Å². The average molecular weight is 228 g/mol. The maximum atomic E-state index is 13.1. The number of hydrogen-bond donors (Lipinski definition) is 3. The van der Waals surface area contributed by atoms with Crippen molar-refractivity contribution in [3.8, 4) is 0 Å². The Labute approximate surface area is 91.7 Å². The molecule has 0 bridgehead atoms. The first kappa shape index (κ1) is 12.7. The Kier molecular flexibility index (Phi) is 4.48. The number of aromatic nitrogens is 1. The molecule has 1 rings (SSSR count). The lowest BCUT2D eigenvalue weighted by Crippen LogP contribution is -2.23. The van der Waals surface area contributed by atoms with Gasteiger partial charge < -0.3 is 15.9 Å². The van der Waals surface area contributed by atoms with Crippen LogP contribution in [0.3, 0.4) is 0 Å². The average Bonchev–Trinajstić information content (AvgIpc) is 2.28. The van der Waals surface area contributed by atoms with E-state index in [0.29, 0.717) is 0 Å². The highest BCUT2D eigenvalue weighted by Crippen LogP contribution is 2.22. The molecule has 0 saturated carbocycles. The Bertz CT molecular complexity index is 373. The van der Waals surface area contributed by atoms with Crippen molar-refractivity contribution in [2.75, 3.05) is 6.54 Å². The molecule has 4 N–H and O–H groups in total. The predicted octanol–water partition coefficient (Wildman–Crippen LogP) is -0.224. The Balaban J connectivity index is 3.03. The number of aldehydes is 1. The Hall–Kier alpha value is -1.37. The Morgan fingerprint density at radius 2 is 2.25 bits per heavy atom. The Morgan fingerprint density at radius 3 is 2.81 bits per heavy atom. The second-order valence-corrected chi connectivity index (χ2v) is 3.31. The van der Waals surface area contributed by atoms with Gasteiger partial charge in [-0.2, -0.15) is 4.39 Å². The fourth-order valence-corrected chi connectivity index (χ4v) is 1.37. The van der Waals surface area contributed by atoms with Crippen molar-refractivity contribution in [2.45, 2.75) is 18.6 Å². The SMILES string of the molecule is NCCC(O)C(O)c1ccnc(F)c1C=O. The van der Waals surface area contributed by atoms with Crippen LogP contribution < -0.4 is 5.73 Å². The van der Waals surface area contributed by atoms with Crippen LogP contribution in [0.5, 0.6) is 0 Å². The number of carbonyl (C=O) groups excluding carboxylic acids is 1. The third-order valence-corrected chi connectivity index (χ3v) is 2.24. The van der Waals surface area contributed by atoms with Crippen LogP contribution in [0.2, 0.25) is 0 Å². The van der Waals surface area contributed by atoms with Crippen molar-refractivity contribution >= 4 is 6.29 Å². The van der Waals surface area contributed by atoms with E-state index in [9.17, 15) is 19.4 Å². The van der Waals surface area contributed by atoms with Gasteiger partial charge in [-0.1, -0.05) is 0 Å². The molecular weight excluding hydrogens is 215 g/mol. The molecule has 0 aliphatic rings. The number of hydrogen-bond acceptors (Lipinski definition) is 5. The van der Waals surface area contributed by atoms with E-state index in [-0.39, 0.29) is 30.4 Å². The number of nitrogens with two attached hydrogens (primary N) is 1. The summed E-state index contributed by atoms with van der Waals surface area (Å²) in [6.07, 6.45) is -0.943. The molecule has 0 radical (unpaired) electrons. The summed E-state index contributed by atoms with van der Waals surface area (Å²) in [6.45, 7) is 0.183. The molecule has 0 spiro atoms. The molecule has 1 aromatic rings. The number of pyridine rings is 1. The molecule has 0 saturated heterocycles. The van der Waals surface area contributed by atoms with Crippen LogP contribution in [-0.4, -0.2) is 34.1 Å². The Morgan fingerprint density at radius 1 is 1.56 bits per heavy atom. The normalized spacial score (nSPS) is 14.5. The zero-order valence-electron chi connectivity index (χ0n) is 8.51. The molecule has 0 aromatic carbocycles. The number of rotatable bonds is 5. The van der Waals surface area contributed by atoms with Crippen LogP contribution in [0.15, 0.2) is 12.3 Å². The van der Waals surface area contributed by atoms with Gasteiger partial charge in [-0.05, 0) is 24.6 Å². The summed E-state index contributed by atoms with van der Waals surface area (Å²) in [5, 5.41) is 19.2. The third kappa shape index (κ3) is 2.60. The fourth-order valence-electron chi connectivity index (χ4n) is 1.37. The molecule has 6 heteroatoms. The zero-order valence-corrected chi connectivity index (χ0v) is 8.51. The van der Waals surface area contributed by atoms with Crippen LogP contribution in [0.1, 0.15) is 28.4 Å². The van der Waals surface area contributed by atoms with Gasteiger partial charge >= 0.3 is 0 Å².